The predicted molar refractivity (Wildman–Crippen MR) is 87.2 cm³/mol. The van der Waals surface area contributed by atoms with Crippen LogP contribution in [-0.4, -0.2) is 30.2 Å². The molecule has 23 heavy (non-hydrogen) atoms. The van der Waals surface area contributed by atoms with Crippen LogP contribution in [0, 0.1) is 6.92 Å². The van der Waals surface area contributed by atoms with Crippen molar-refractivity contribution in [1.29, 1.82) is 0 Å². The lowest BCUT2D eigenvalue weighted by Gasteiger charge is -2.02. The van der Waals surface area contributed by atoms with Gasteiger partial charge in [-0.25, -0.2) is 14.8 Å². The van der Waals surface area contributed by atoms with Crippen LogP contribution in [0.2, 0.25) is 0 Å². The summed E-state index contributed by atoms with van der Waals surface area (Å²) in [5.41, 5.74) is 11.5. The summed E-state index contributed by atoms with van der Waals surface area (Å²) in [6.07, 6.45) is 4.53. The van der Waals surface area contributed by atoms with Crippen molar-refractivity contribution in [3.63, 3.8) is 0 Å². The van der Waals surface area contributed by atoms with Crippen LogP contribution in [0.1, 0.15) is 16.7 Å². The first-order chi connectivity index (χ1) is 11.2. The molecule has 0 amide bonds. The van der Waals surface area contributed by atoms with E-state index in [1.807, 2.05) is 35.3 Å². The Morgan fingerprint density at radius 3 is 2.87 bits per heavy atom. The summed E-state index contributed by atoms with van der Waals surface area (Å²) in [7, 11) is 0. The molecule has 4 rings (SSSR count). The molecule has 0 saturated carbocycles. The van der Waals surface area contributed by atoms with E-state index in [9.17, 15) is 0 Å². The van der Waals surface area contributed by atoms with Gasteiger partial charge in [0.15, 0.2) is 5.65 Å². The highest BCUT2D eigenvalue weighted by Crippen LogP contribution is 2.19. The lowest BCUT2D eigenvalue weighted by atomic mass is 10.1. The quantitative estimate of drug-likeness (QED) is 0.603. The molecule has 114 valence electrons. The van der Waals surface area contributed by atoms with Gasteiger partial charge < -0.3 is 5.73 Å². The Labute approximate surface area is 132 Å². The summed E-state index contributed by atoms with van der Waals surface area (Å²) in [5.74, 6) is 0.449. The molecule has 0 radical (unpaired) electrons. The maximum Gasteiger partial charge on any atom is 0.178 e. The van der Waals surface area contributed by atoms with Crippen molar-refractivity contribution in [3.05, 3.63) is 59.4 Å². The van der Waals surface area contributed by atoms with Crippen molar-refractivity contribution in [3.8, 4) is 5.69 Å². The Bertz CT molecular complexity index is 966. The standard InChI is InChI=1S/C16H15N7/c1-10-2-4-13(5-3-10)23-9-11(8-18-23)6-12-7-14(17)19-16-15(12)20-22-21-16/h2-5,7-9H,6H2,1H3,(H3,17,19,20,21,22). The van der Waals surface area contributed by atoms with Crippen LogP contribution < -0.4 is 5.73 Å². The number of nitrogen functional groups attached to an aromatic ring is 1. The minimum absolute atomic E-state index is 0.449. The van der Waals surface area contributed by atoms with Crippen molar-refractivity contribution in [2.75, 3.05) is 5.73 Å². The summed E-state index contributed by atoms with van der Waals surface area (Å²) in [4.78, 5) is 4.18. The van der Waals surface area contributed by atoms with Crippen LogP contribution in [0.25, 0.3) is 16.9 Å². The van der Waals surface area contributed by atoms with Crippen LogP contribution in [0.3, 0.4) is 0 Å². The molecule has 3 N–H and O–H groups in total. The molecule has 0 spiro atoms. The van der Waals surface area contributed by atoms with Gasteiger partial charge in [-0.2, -0.15) is 5.10 Å². The highest BCUT2D eigenvalue weighted by molar-refractivity contribution is 5.76. The van der Waals surface area contributed by atoms with Gasteiger partial charge >= 0.3 is 0 Å². The molecular weight excluding hydrogens is 290 g/mol. The third-order valence-electron chi connectivity index (χ3n) is 3.73. The first kappa shape index (κ1) is 13.4. The minimum atomic E-state index is 0.449. The predicted octanol–water partition coefficient (Wildman–Crippen LogP) is 2.02. The highest BCUT2D eigenvalue weighted by atomic mass is 15.3. The maximum absolute atomic E-state index is 5.84. The van der Waals surface area contributed by atoms with Crippen molar-refractivity contribution >= 4 is 17.0 Å². The van der Waals surface area contributed by atoms with Gasteiger partial charge in [-0.3, -0.25) is 0 Å². The molecule has 0 unspecified atom stereocenters. The van der Waals surface area contributed by atoms with E-state index >= 15 is 0 Å². The summed E-state index contributed by atoms with van der Waals surface area (Å²) in [5, 5.41) is 15.0. The second-order valence-corrected chi connectivity index (χ2v) is 5.52. The highest BCUT2D eigenvalue weighted by Gasteiger charge is 2.10. The first-order valence-corrected chi connectivity index (χ1v) is 7.26. The van der Waals surface area contributed by atoms with Gasteiger partial charge in [0.25, 0.3) is 0 Å². The molecule has 0 aliphatic carbocycles. The number of fused-ring (bicyclic) bond motifs is 1. The van der Waals surface area contributed by atoms with E-state index in [4.69, 9.17) is 5.73 Å². The second-order valence-electron chi connectivity index (χ2n) is 5.52. The average molecular weight is 305 g/mol. The monoisotopic (exact) mass is 305 g/mol. The van der Waals surface area contributed by atoms with Crippen molar-refractivity contribution in [1.82, 2.24) is 30.2 Å². The van der Waals surface area contributed by atoms with Crippen molar-refractivity contribution in [2.24, 2.45) is 0 Å². The Morgan fingerprint density at radius 1 is 1.22 bits per heavy atom. The summed E-state index contributed by atoms with van der Waals surface area (Å²) in [6, 6.07) is 10.1. The number of aromatic nitrogens is 6. The number of pyridine rings is 1. The van der Waals surface area contributed by atoms with E-state index in [2.05, 4.69) is 44.5 Å². The van der Waals surface area contributed by atoms with Gasteiger partial charge in [-0.15, -0.1) is 5.10 Å². The number of H-pyrrole nitrogens is 1. The van der Waals surface area contributed by atoms with Crippen LogP contribution in [0.4, 0.5) is 5.82 Å². The molecule has 7 heteroatoms. The molecule has 0 aliphatic rings. The van der Waals surface area contributed by atoms with Gasteiger partial charge in [-0.05, 0) is 36.2 Å². The normalized spacial score (nSPS) is 11.2. The van der Waals surface area contributed by atoms with Gasteiger partial charge in [0.2, 0.25) is 0 Å². The first-order valence-electron chi connectivity index (χ1n) is 7.26. The van der Waals surface area contributed by atoms with Crippen LogP contribution in [-0.2, 0) is 6.42 Å². The van der Waals surface area contributed by atoms with Gasteiger partial charge in [0, 0.05) is 12.6 Å². The van der Waals surface area contributed by atoms with Gasteiger partial charge in [-0.1, -0.05) is 22.9 Å². The number of benzene rings is 1. The van der Waals surface area contributed by atoms with E-state index in [1.54, 1.807) is 0 Å². The summed E-state index contributed by atoms with van der Waals surface area (Å²) >= 11 is 0. The van der Waals surface area contributed by atoms with E-state index in [0.717, 1.165) is 22.3 Å². The molecule has 3 aromatic heterocycles. The van der Waals surface area contributed by atoms with E-state index in [1.165, 1.54) is 5.56 Å². The number of aromatic amines is 1. The van der Waals surface area contributed by atoms with E-state index in [-0.39, 0.29) is 0 Å². The fourth-order valence-corrected chi connectivity index (χ4v) is 2.57. The molecular formula is C16H15N7. The van der Waals surface area contributed by atoms with Gasteiger partial charge in [0.05, 0.1) is 11.9 Å². The topological polar surface area (TPSA) is 98.3 Å². The number of nitrogens with one attached hydrogen (secondary N) is 1. The Balaban J connectivity index is 1.67. The third-order valence-corrected chi connectivity index (χ3v) is 3.73. The van der Waals surface area contributed by atoms with E-state index < -0.39 is 0 Å². The Morgan fingerprint density at radius 2 is 2.04 bits per heavy atom. The Hall–Kier alpha value is -3.22. The van der Waals surface area contributed by atoms with Crippen molar-refractivity contribution < 1.29 is 0 Å². The minimum Gasteiger partial charge on any atom is -0.384 e. The zero-order valence-corrected chi connectivity index (χ0v) is 12.6. The lowest BCUT2D eigenvalue weighted by Crippen LogP contribution is -1.96. The molecule has 1 aromatic carbocycles. The fourth-order valence-electron chi connectivity index (χ4n) is 2.57. The zero-order valence-electron chi connectivity index (χ0n) is 12.6. The fraction of sp³-hybridized carbons (Fsp3) is 0.125. The van der Waals surface area contributed by atoms with Crippen molar-refractivity contribution in [2.45, 2.75) is 13.3 Å². The average Bonchev–Trinajstić information content (AvgIpc) is 3.17. The van der Waals surface area contributed by atoms with Crippen LogP contribution >= 0.6 is 0 Å². The molecule has 0 bridgehead atoms. The number of nitrogens with two attached hydrogens (primary N) is 1. The summed E-state index contributed by atoms with van der Waals surface area (Å²) < 4.78 is 1.86. The molecule has 0 atom stereocenters. The number of rotatable bonds is 3. The Kier molecular flexibility index (Phi) is 3.04. The van der Waals surface area contributed by atoms with E-state index in [0.29, 0.717) is 17.9 Å². The van der Waals surface area contributed by atoms with Crippen LogP contribution in [0.15, 0.2) is 42.7 Å². The molecule has 0 saturated heterocycles. The molecule has 7 nitrogen and oxygen atoms in total. The lowest BCUT2D eigenvalue weighted by molar-refractivity contribution is 0.879. The number of nitrogens with zero attached hydrogens (tertiary/aromatic N) is 5. The number of hydrogen-bond donors (Lipinski definition) is 2. The molecule has 3 heterocycles. The SMILES string of the molecule is Cc1ccc(-n2cc(Cc3cc(N)nc4[nH]nnc34)cn2)cc1. The smallest absolute Gasteiger partial charge is 0.178 e. The maximum atomic E-state index is 5.84. The summed E-state index contributed by atoms with van der Waals surface area (Å²) in [6.45, 7) is 2.06. The number of aryl methyl sites for hydroxylation is 1. The largest absolute Gasteiger partial charge is 0.384 e. The molecule has 0 aliphatic heterocycles. The van der Waals surface area contributed by atoms with Crippen LogP contribution in [0.5, 0.6) is 0 Å². The molecule has 0 fully saturated rings. The zero-order chi connectivity index (χ0) is 15.8. The van der Waals surface area contributed by atoms with Gasteiger partial charge in [0.1, 0.15) is 11.3 Å². The second kappa shape index (κ2) is 5.20. The third kappa shape index (κ3) is 2.52. The number of anilines is 1. The number of hydrogen-bond acceptors (Lipinski definition) is 5. The molecule has 4 aromatic rings.